The summed E-state index contributed by atoms with van der Waals surface area (Å²) in [7, 11) is 0. The Bertz CT molecular complexity index is 662. The smallest absolute Gasteiger partial charge is 0.262 e. The quantitative estimate of drug-likeness (QED) is 0.891. The molecule has 0 bridgehead atoms. The second kappa shape index (κ2) is 6.84. The second-order valence-electron chi connectivity index (χ2n) is 6.09. The molecule has 0 aliphatic rings. The van der Waals surface area contributed by atoms with Gasteiger partial charge in [-0.3, -0.25) is 4.79 Å². The minimum Gasteiger partial charge on any atom is -0.483 e. The Balaban J connectivity index is 2.00. The van der Waals surface area contributed by atoms with Crippen LogP contribution in [0.15, 0.2) is 48.5 Å². The highest BCUT2D eigenvalue weighted by atomic mass is 35.5. The Morgan fingerprint density at radius 2 is 1.86 bits per heavy atom. The zero-order chi connectivity index (χ0) is 16.2. The van der Waals surface area contributed by atoms with Crippen molar-refractivity contribution in [1.29, 1.82) is 0 Å². The lowest BCUT2D eigenvalue weighted by Crippen LogP contribution is -2.21. The minimum atomic E-state index is -0.217. The summed E-state index contributed by atoms with van der Waals surface area (Å²) in [4.78, 5) is 12.0. The highest BCUT2D eigenvalue weighted by Crippen LogP contribution is 2.30. The predicted octanol–water partition coefficient (Wildman–Crippen LogP) is 4.66. The van der Waals surface area contributed by atoms with E-state index in [9.17, 15) is 4.79 Å². The van der Waals surface area contributed by atoms with Crippen LogP contribution in [0, 0.1) is 0 Å². The van der Waals surface area contributed by atoms with E-state index >= 15 is 0 Å². The highest BCUT2D eigenvalue weighted by molar-refractivity contribution is 6.30. The maximum Gasteiger partial charge on any atom is 0.262 e. The molecule has 0 fully saturated rings. The molecule has 0 unspecified atom stereocenters. The molecule has 0 saturated carbocycles. The first-order valence-corrected chi connectivity index (χ1v) is 7.52. The van der Waals surface area contributed by atoms with Crippen LogP contribution in [-0.2, 0) is 10.2 Å². The zero-order valence-corrected chi connectivity index (χ0v) is 13.8. The monoisotopic (exact) mass is 317 g/mol. The van der Waals surface area contributed by atoms with Gasteiger partial charge >= 0.3 is 0 Å². The highest BCUT2D eigenvalue weighted by Gasteiger charge is 2.18. The molecule has 0 aliphatic heterocycles. The number of hydrogen-bond acceptors (Lipinski definition) is 2. The molecule has 0 aromatic heterocycles. The van der Waals surface area contributed by atoms with Crippen LogP contribution in [0.2, 0.25) is 5.02 Å². The van der Waals surface area contributed by atoms with Gasteiger partial charge in [0.2, 0.25) is 0 Å². The van der Waals surface area contributed by atoms with E-state index in [1.54, 1.807) is 24.3 Å². The Kier molecular flexibility index (Phi) is 5.09. The molecule has 22 heavy (non-hydrogen) atoms. The van der Waals surface area contributed by atoms with Gasteiger partial charge in [0.15, 0.2) is 6.61 Å². The van der Waals surface area contributed by atoms with Crippen LogP contribution in [0.5, 0.6) is 5.75 Å². The summed E-state index contributed by atoms with van der Waals surface area (Å²) >= 11 is 5.89. The van der Waals surface area contributed by atoms with Crippen molar-refractivity contribution in [2.45, 2.75) is 26.2 Å². The zero-order valence-electron chi connectivity index (χ0n) is 13.0. The fraction of sp³-hybridized carbons (Fsp3) is 0.278. The lowest BCUT2D eigenvalue weighted by atomic mass is 9.86. The number of rotatable bonds is 4. The molecule has 0 radical (unpaired) electrons. The average Bonchev–Trinajstić information content (AvgIpc) is 2.44. The SMILES string of the molecule is CC(C)(C)c1ccccc1OCC(=O)Nc1cccc(Cl)c1. The van der Waals surface area contributed by atoms with Gasteiger partial charge in [-0.05, 0) is 35.2 Å². The fourth-order valence-electron chi connectivity index (χ4n) is 2.12. The molecule has 2 aromatic carbocycles. The van der Waals surface area contributed by atoms with Crippen molar-refractivity contribution in [3.8, 4) is 5.75 Å². The molecule has 2 rings (SSSR count). The van der Waals surface area contributed by atoms with Crippen LogP contribution in [-0.4, -0.2) is 12.5 Å². The number of anilines is 1. The Morgan fingerprint density at radius 3 is 2.55 bits per heavy atom. The van der Waals surface area contributed by atoms with Crippen molar-refractivity contribution < 1.29 is 9.53 Å². The second-order valence-corrected chi connectivity index (χ2v) is 6.53. The third-order valence-electron chi connectivity index (χ3n) is 3.16. The van der Waals surface area contributed by atoms with Crippen LogP contribution in [0.3, 0.4) is 0 Å². The summed E-state index contributed by atoms with van der Waals surface area (Å²) in [6, 6.07) is 14.8. The molecule has 116 valence electrons. The number of ether oxygens (including phenoxy) is 1. The molecule has 0 aliphatic carbocycles. The van der Waals surface area contributed by atoms with Gasteiger partial charge in [0.1, 0.15) is 5.75 Å². The van der Waals surface area contributed by atoms with E-state index in [2.05, 4.69) is 26.1 Å². The minimum absolute atomic E-state index is 0.0416. The van der Waals surface area contributed by atoms with Gasteiger partial charge < -0.3 is 10.1 Å². The number of nitrogens with one attached hydrogen (secondary N) is 1. The first-order chi connectivity index (χ1) is 10.4. The van der Waals surface area contributed by atoms with Crippen LogP contribution in [0.25, 0.3) is 0 Å². The summed E-state index contributed by atoms with van der Waals surface area (Å²) in [5.41, 5.74) is 1.69. The predicted molar refractivity (Wildman–Crippen MR) is 90.7 cm³/mol. The van der Waals surface area contributed by atoms with E-state index in [4.69, 9.17) is 16.3 Å². The maximum absolute atomic E-state index is 12.0. The van der Waals surface area contributed by atoms with E-state index in [0.717, 1.165) is 11.3 Å². The summed E-state index contributed by atoms with van der Waals surface area (Å²) in [6.45, 7) is 6.29. The lowest BCUT2D eigenvalue weighted by molar-refractivity contribution is -0.118. The molecular formula is C18H20ClNO2. The molecule has 3 nitrogen and oxygen atoms in total. The van der Waals surface area contributed by atoms with Crippen LogP contribution >= 0.6 is 11.6 Å². The topological polar surface area (TPSA) is 38.3 Å². The Hall–Kier alpha value is -2.00. The first kappa shape index (κ1) is 16.4. The Morgan fingerprint density at radius 1 is 1.14 bits per heavy atom. The number of halogens is 1. The number of benzene rings is 2. The van der Waals surface area contributed by atoms with Gasteiger partial charge in [0, 0.05) is 10.7 Å². The van der Waals surface area contributed by atoms with E-state index in [-0.39, 0.29) is 17.9 Å². The third kappa shape index (κ3) is 4.50. The molecule has 4 heteroatoms. The summed E-state index contributed by atoms with van der Waals surface area (Å²) in [5.74, 6) is 0.516. The summed E-state index contributed by atoms with van der Waals surface area (Å²) in [5, 5.41) is 3.34. The van der Waals surface area contributed by atoms with Crippen molar-refractivity contribution in [3.63, 3.8) is 0 Å². The van der Waals surface area contributed by atoms with E-state index < -0.39 is 0 Å². The van der Waals surface area contributed by atoms with Crippen molar-refractivity contribution in [2.75, 3.05) is 11.9 Å². The van der Waals surface area contributed by atoms with Gasteiger partial charge in [0.05, 0.1) is 0 Å². The van der Waals surface area contributed by atoms with E-state index in [1.807, 2.05) is 24.3 Å². The Labute approximate surface area is 136 Å². The van der Waals surface area contributed by atoms with E-state index in [0.29, 0.717) is 10.7 Å². The van der Waals surface area contributed by atoms with Crippen molar-refractivity contribution >= 4 is 23.2 Å². The molecule has 1 N–H and O–H groups in total. The average molecular weight is 318 g/mol. The number of amides is 1. The lowest BCUT2D eigenvalue weighted by Gasteiger charge is -2.22. The van der Waals surface area contributed by atoms with Crippen molar-refractivity contribution in [1.82, 2.24) is 0 Å². The fourth-order valence-corrected chi connectivity index (χ4v) is 2.31. The summed E-state index contributed by atoms with van der Waals surface area (Å²) in [6.07, 6.45) is 0. The molecule has 0 heterocycles. The first-order valence-electron chi connectivity index (χ1n) is 7.14. The molecule has 1 amide bonds. The van der Waals surface area contributed by atoms with Crippen LogP contribution in [0.4, 0.5) is 5.69 Å². The van der Waals surface area contributed by atoms with Gasteiger partial charge in [-0.25, -0.2) is 0 Å². The largest absolute Gasteiger partial charge is 0.483 e. The third-order valence-corrected chi connectivity index (χ3v) is 3.40. The number of para-hydroxylation sites is 1. The van der Waals surface area contributed by atoms with Crippen molar-refractivity contribution in [3.05, 3.63) is 59.1 Å². The summed E-state index contributed by atoms with van der Waals surface area (Å²) < 4.78 is 5.68. The number of carbonyl (C=O) groups is 1. The number of hydrogen-bond donors (Lipinski definition) is 1. The molecule has 0 saturated heterocycles. The van der Waals surface area contributed by atoms with Crippen LogP contribution < -0.4 is 10.1 Å². The van der Waals surface area contributed by atoms with Gasteiger partial charge in [-0.15, -0.1) is 0 Å². The van der Waals surface area contributed by atoms with Gasteiger partial charge in [-0.1, -0.05) is 56.6 Å². The van der Waals surface area contributed by atoms with Gasteiger partial charge in [0.25, 0.3) is 5.91 Å². The standard InChI is InChI=1S/C18H20ClNO2/c1-18(2,3)15-9-4-5-10-16(15)22-12-17(21)20-14-8-6-7-13(19)11-14/h4-11H,12H2,1-3H3,(H,20,21). The van der Waals surface area contributed by atoms with Crippen LogP contribution in [0.1, 0.15) is 26.3 Å². The van der Waals surface area contributed by atoms with E-state index in [1.165, 1.54) is 0 Å². The normalized spacial score (nSPS) is 11.1. The molecule has 0 spiro atoms. The maximum atomic E-state index is 12.0. The van der Waals surface area contributed by atoms with Crippen molar-refractivity contribution in [2.24, 2.45) is 0 Å². The van der Waals surface area contributed by atoms with Gasteiger partial charge in [-0.2, -0.15) is 0 Å². The molecule has 2 aromatic rings. The number of carbonyl (C=O) groups excluding carboxylic acids is 1. The molecular weight excluding hydrogens is 298 g/mol. The molecule has 0 atom stereocenters.